The van der Waals surface area contributed by atoms with Crippen LogP contribution in [0.5, 0.6) is 0 Å². The van der Waals surface area contributed by atoms with Crippen molar-refractivity contribution in [3.8, 4) is 0 Å². The first-order chi connectivity index (χ1) is 3.80. The molecule has 0 radical (unpaired) electrons. The zero-order valence-corrected chi connectivity index (χ0v) is 5.93. The number of halogens is 2. The summed E-state index contributed by atoms with van der Waals surface area (Å²) in [6, 6.07) is 4.87. The van der Waals surface area contributed by atoms with Gasteiger partial charge in [-0.2, -0.15) is 4.73 Å². The molecule has 1 rings (SSSR count). The molecule has 9 heavy (non-hydrogen) atoms. The van der Waals surface area contributed by atoms with Gasteiger partial charge in [0, 0.05) is 12.1 Å². The van der Waals surface area contributed by atoms with Crippen molar-refractivity contribution in [2.24, 2.45) is 0 Å². The first kappa shape index (κ1) is 8.53. The minimum atomic E-state index is 0. The van der Waals surface area contributed by atoms with Gasteiger partial charge in [-0.3, -0.25) is 0 Å². The topological polar surface area (TPSA) is 26.9 Å². The lowest BCUT2D eigenvalue weighted by Gasteiger charge is -1.93. The molecule has 0 unspecified atom stereocenters. The highest BCUT2D eigenvalue weighted by atomic mass is 35.5. The molecule has 0 saturated carbocycles. The highest BCUT2D eigenvalue weighted by Gasteiger charge is 1.92. The van der Waals surface area contributed by atoms with Crippen LogP contribution < -0.4 is 17.1 Å². The highest BCUT2D eigenvalue weighted by Crippen LogP contribution is 1.96. The zero-order chi connectivity index (χ0) is 5.98. The Morgan fingerprint density at radius 3 is 2.56 bits per heavy atom. The largest absolute Gasteiger partial charge is 1.00 e. The molecular formula is C5H5Cl2NO. The standard InChI is InChI=1S/C5H4ClNO.ClH/c6-5-3-1-2-4-7(5)8;/h1-4H;1H. The van der Waals surface area contributed by atoms with Gasteiger partial charge in [-0.1, -0.05) is 0 Å². The Morgan fingerprint density at radius 2 is 2.22 bits per heavy atom. The fourth-order valence-electron chi connectivity index (χ4n) is 0.407. The van der Waals surface area contributed by atoms with E-state index in [0.29, 0.717) is 4.73 Å². The van der Waals surface area contributed by atoms with Crippen LogP contribution in [-0.2, 0) is 0 Å². The monoisotopic (exact) mass is 165 g/mol. The smallest absolute Gasteiger partial charge is 1.00 e. The molecule has 1 aromatic rings. The van der Waals surface area contributed by atoms with E-state index in [4.69, 9.17) is 11.6 Å². The van der Waals surface area contributed by atoms with Gasteiger partial charge < -0.3 is 17.6 Å². The average molecular weight is 166 g/mol. The summed E-state index contributed by atoms with van der Waals surface area (Å²) in [6.07, 6.45) is 1.35. The maximum Gasteiger partial charge on any atom is 1.00 e. The predicted octanol–water partition coefficient (Wildman–Crippen LogP) is -1.91. The molecule has 0 atom stereocenters. The van der Waals surface area contributed by atoms with E-state index in [9.17, 15) is 5.21 Å². The average Bonchev–Trinajstić information content (AvgIpc) is 1.77. The Morgan fingerprint density at radius 1 is 1.56 bits per heavy atom. The van der Waals surface area contributed by atoms with Crippen molar-refractivity contribution in [1.29, 1.82) is 0 Å². The van der Waals surface area contributed by atoms with Gasteiger partial charge >= 0.3 is 1.43 Å². The van der Waals surface area contributed by atoms with Gasteiger partial charge in [-0.15, -0.1) is 0 Å². The van der Waals surface area contributed by atoms with Crippen molar-refractivity contribution in [2.75, 3.05) is 0 Å². The summed E-state index contributed by atoms with van der Waals surface area (Å²) in [5.41, 5.74) is 0. The van der Waals surface area contributed by atoms with Crippen LogP contribution in [0, 0.1) is 5.21 Å². The normalized spacial score (nSPS) is 8.11. The number of aromatic nitrogens is 1. The molecule has 50 valence electrons. The van der Waals surface area contributed by atoms with Gasteiger partial charge in [0.2, 0.25) is 0 Å². The third-order valence-corrected chi connectivity index (χ3v) is 1.07. The molecule has 0 aromatic carbocycles. The fraction of sp³-hybridized carbons (Fsp3) is 0. The lowest BCUT2D eigenvalue weighted by molar-refractivity contribution is -0.603. The number of pyridine rings is 1. The molecular weight excluding hydrogens is 161 g/mol. The van der Waals surface area contributed by atoms with Gasteiger partial charge in [0.05, 0.1) is 0 Å². The van der Waals surface area contributed by atoms with Crippen molar-refractivity contribution in [3.63, 3.8) is 0 Å². The fourth-order valence-corrected chi connectivity index (χ4v) is 0.537. The summed E-state index contributed by atoms with van der Waals surface area (Å²) in [5.74, 6) is 0. The van der Waals surface area contributed by atoms with E-state index in [1.807, 2.05) is 0 Å². The Kier molecular flexibility index (Phi) is 3.35. The second kappa shape index (κ2) is 3.54. The van der Waals surface area contributed by atoms with Gasteiger partial charge in [-0.05, 0) is 17.7 Å². The van der Waals surface area contributed by atoms with E-state index in [0.717, 1.165) is 0 Å². The molecule has 1 aromatic heterocycles. The number of nitrogens with zero attached hydrogens (tertiary/aromatic N) is 1. The van der Waals surface area contributed by atoms with Crippen LogP contribution in [0.4, 0.5) is 0 Å². The molecule has 0 saturated heterocycles. The van der Waals surface area contributed by atoms with Gasteiger partial charge in [0.15, 0.2) is 6.20 Å². The molecule has 0 amide bonds. The van der Waals surface area contributed by atoms with Crippen LogP contribution in [0.3, 0.4) is 0 Å². The molecule has 0 fully saturated rings. The quantitative estimate of drug-likeness (QED) is 0.251. The molecule has 0 aliphatic carbocycles. The van der Waals surface area contributed by atoms with E-state index in [1.54, 1.807) is 12.1 Å². The number of hydrogen-bond donors (Lipinski definition) is 0. The number of rotatable bonds is 0. The van der Waals surface area contributed by atoms with Gasteiger partial charge in [-0.25, -0.2) is 0 Å². The maximum atomic E-state index is 10.4. The van der Waals surface area contributed by atoms with E-state index in [2.05, 4.69) is 0 Å². The van der Waals surface area contributed by atoms with Crippen LogP contribution in [-0.4, -0.2) is 0 Å². The summed E-state index contributed by atoms with van der Waals surface area (Å²) in [4.78, 5) is 0. The molecule has 4 heteroatoms. The molecule has 0 aliphatic heterocycles. The SMILES string of the molecule is [Cl-].[H+].[O-][n+]1ccccc1Cl. The van der Waals surface area contributed by atoms with Crippen molar-refractivity contribution in [2.45, 2.75) is 0 Å². The lowest BCUT2D eigenvalue weighted by Crippen LogP contribution is -3.00. The number of hydrogen-bond acceptors (Lipinski definition) is 1. The van der Waals surface area contributed by atoms with Crippen molar-refractivity contribution < 1.29 is 18.6 Å². The third kappa shape index (κ3) is 2.08. The first-order valence-corrected chi connectivity index (χ1v) is 2.52. The van der Waals surface area contributed by atoms with Crippen molar-refractivity contribution in [3.05, 3.63) is 34.8 Å². The second-order valence-electron chi connectivity index (χ2n) is 1.35. The Hall–Kier alpha value is -0.470. The minimum Gasteiger partial charge on any atom is -1.00 e. The van der Waals surface area contributed by atoms with Crippen molar-refractivity contribution in [1.82, 2.24) is 0 Å². The van der Waals surface area contributed by atoms with E-state index >= 15 is 0 Å². The molecule has 1 heterocycles. The molecule has 0 spiro atoms. The van der Waals surface area contributed by atoms with Crippen molar-refractivity contribution >= 4 is 11.6 Å². The first-order valence-electron chi connectivity index (χ1n) is 2.14. The second-order valence-corrected chi connectivity index (χ2v) is 1.74. The third-order valence-electron chi connectivity index (χ3n) is 0.777. The Bertz CT molecular complexity index is 176. The van der Waals surface area contributed by atoms with Gasteiger partial charge in [0.25, 0.3) is 5.15 Å². The molecule has 0 N–H and O–H groups in total. The Labute approximate surface area is 65.6 Å². The summed E-state index contributed by atoms with van der Waals surface area (Å²) >= 11 is 5.36. The predicted molar refractivity (Wildman–Crippen MR) is 31.5 cm³/mol. The van der Waals surface area contributed by atoms with Crippen LogP contribution >= 0.6 is 11.6 Å². The molecule has 0 aliphatic rings. The van der Waals surface area contributed by atoms with Gasteiger partial charge in [0.1, 0.15) is 0 Å². The summed E-state index contributed by atoms with van der Waals surface area (Å²) < 4.78 is 0.599. The van der Waals surface area contributed by atoms with Crippen LogP contribution in [0.2, 0.25) is 5.15 Å². The summed E-state index contributed by atoms with van der Waals surface area (Å²) in [7, 11) is 0. The van der Waals surface area contributed by atoms with Crippen LogP contribution in [0.1, 0.15) is 1.43 Å². The highest BCUT2D eigenvalue weighted by molar-refractivity contribution is 6.28. The van der Waals surface area contributed by atoms with E-state index in [1.165, 1.54) is 12.3 Å². The summed E-state index contributed by atoms with van der Waals surface area (Å²) in [5, 5.41) is 10.6. The van der Waals surface area contributed by atoms with E-state index < -0.39 is 0 Å². The maximum absolute atomic E-state index is 10.4. The molecule has 2 nitrogen and oxygen atoms in total. The lowest BCUT2D eigenvalue weighted by atomic mass is 10.5. The summed E-state index contributed by atoms with van der Waals surface area (Å²) in [6.45, 7) is 0. The minimum absolute atomic E-state index is 0. The van der Waals surface area contributed by atoms with Crippen LogP contribution in [0.25, 0.3) is 0 Å². The molecule has 0 bridgehead atoms. The Balaban J connectivity index is 0. The van der Waals surface area contributed by atoms with Crippen LogP contribution in [0.15, 0.2) is 24.4 Å². The zero-order valence-electron chi connectivity index (χ0n) is 5.42. The van der Waals surface area contributed by atoms with E-state index in [-0.39, 0.29) is 19.0 Å².